The summed E-state index contributed by atoms with van der Waals surface area (Å²) in [4.78, 5) is 0. The molecule has 0 amide bonds. The minimum absolute atomic E-state index is 0.230. The normalized spacial score (nSPS) is 35.8. The number of hydrogen-bond donors (Lipinski definition) is 2. The van der Waals surface area contributed by atoms with E-state index in [4.69, 9.17) is 12.2 Å². The molecule has 0 saturated heterocycles. The molecule has 0 aliphatic heterocycles. The summed E-state index contributed by atoms with van der Waals surface area (Å²) in [7, 11) is 0. The molecule has 0 unspecified atom stereocenters. The van der Waals surface area contributed by atoms with Crippen LogP contribution in [0.25, 0.3) is 0 Å². The van der Waals surface area contributed by atoms with Gasteiger partial charge in [-0.2, -0.15) is 0 Å². The third kappa shape index (κ3) is 2.35. The first kappa shape index (κ1) is 13.3. The summed E-state index contributed by atoms with van der Waals surface area (Å²) in [5.74, 6) is 3.01. The Morgan fingerprint density at radius 1 is 1.14 bits per heavy atom. The van der Waals surface area contributed by atoms with Gasteiger partial charge in [-0.3, -0.25) is 0 Å². The molecule has 3 aliphatic carbocycles. The van der Waals surface area contributed by atoms with E-state index in [0.717, 1.165) is 29.4 Å². The molecule has 2 saturated carbocycles. The van der Waals surface area contributed by atoms with Crippen molar-refractivity contribution in [3.63, 3.8) is 0 Å². The van der Waals surface area contributed by atoms with Gasteiger partial charge in [-0.15, -0.1) is 0 Å². The van der Waals surface area contributed by atoms with Gasteiger partial charge in [0.1, 0.15) is 5.82 Å². The summed E-state index contributed by atoms with van der Waals surface area (Å²) < 4.78 is 12.9. The first-order chi connectivity index (χ1) is 10.2. The SMILES string of the molecule is Fc1ccc(NC(=S)N[C@@H]2C[C@@H]3C[C@@H]2[C@H]2C=CC[C@H]32)cc1. The third-order valence-corrected chi connectivity index (χ3v) is 5.65. The predicted molar refractivity (Wildman–Crippen MR) is 86.5 cm³/mol. The zero-order valence-electron chi connectivity index (χ0n) is 11.8. The van der Waals surface area contributed by atoms with E-state index in [1.54, 1.807) is 12.1 Å². The van der Waals surface area contributed by atoms with Gasteiger partial charge in [-0.05, 0) is 79.4 Å². The van der Waals surface area contributed by atoms with Crippen LogP contribution in [0.5, 0.6) is 0 Å². The fraction of sp³-hybridized carbons (Fsp3) is 0.471. The Labute approximate surface area is 129 Å². The summed E-state index contributed by atoms with van der Waals surface area (Å²) in [5.41, 5.74) is 0.829. The number of fused-ring (bicyclic) bond motifs is 5. The molecule has 0 radical (unpaired) electrons. The second-order valence-corrected chi connectivity index (χ2v) is 6.92. The molecule has 0 heterocycles. The van der Waals surface area contributed by atoms with Crippen LogP contribution >= 0.6 is 12.2 Å². The summed E-state index contributed by atoms with van der Waals surface area (Å²) in [6, 6.07) is 6.78. The van der Waals surface area contributed by atoms with E-state index in [0.29, 0.717) is 11.2 Å². The van der Waals surface area contributed by atoms with Gasteiger partial charge in [0, 0.05) is 11.7 Å². The Morgan fingerprint density at radius 2 is 1.95 bits per heavy atom. The second-order valence-electron chi connectivity index (χ2n) is 6.51. The van der Waals surface area contributed by atoms with Gasteiger partial charge in [0.2, 0.25) is 0 Å². The van der Waals surface area contributed by atoms with Crippen LogP contribution in [0.15, 0.2) is 36.4 Å². The average Bonchev–Trinajstić information content (AvgIpc) is 3.13. The van der Waals surface area contributed by atoms with E-state index >= 15 is 0 Å². The molecule has 0 spiro atoms. The van der Waals surface area contributed by atoms with Crippen molar-refractivity contribution >= 4 is 23.0 Å². The minimum atomic E-state index is -0.230. The van der Waals surface area contributed by atoms with Crippen molar-refractivity contribution in [2.45, 2.75) is 25.3 Å². The van der Waals surface area contributed by atoms with Crippen LogP contribution in [0, 0.1) is 29.5 Å². The Kier molecular flexibility index (Phi) is 3.21. The Balaban J connectivity index is 1.37. The van der Waals surface area contributed by atoms with Gasteiger partial charge >= 0.3 is 0 Å². The predicted octanol–water partition coefficient (Wildman–Crippen LogP) is 3.71. The van der Waals surface area contributed by atoms with Gasteiger partial charge in [-0.25, -0.2) is 4.39 Å². The van der Waals surface area contributed by atoms with Crippen molar-refractivity contribution in [1.29, 1.82) is 0 Å². The number of anilines is 1. The zero-order chi connectivity index (χ0) is 14.4. The molecule has 2 fully saturated rings. The van der Waals surface area contributed by atoms with Crippen LogP contribution < -0.4 is 10.6 Å². The zero-order valence-corrected chi connectivity index (χ0v) is 12.6. The van der Waals surface area contributed by atoms with Crippen molar-refractivity contribution in [3.8, 4) is 0 Å². The van der Waals surface area contributed by atoms with E-state index < -0.39 is 0 Å². The topological polar surface area (TPSA) is 24.1 Å². The maximum atomic E-state index is 12.9. The molecule has 1 aromatic carbocycles. The van der Waals surface area contributed by atoms with Crippen LogP contribution in [-0.2, 0) is 0 Å². The van der Waals surface area contributed by atoms with Gasteiger partial charge < -0.3 is 10.6 Å². The van der Waals surface area contributed by atoms with Crippen molar-refractivity contribution in [2.24, 2.45) is 23.7 Å². The van der Waals surface area contributed by atoms with Crippen molar-refractivity contribution < 1.29 is 4.39 Å². The highest BCUT2D eigenvalue weighted by atomic mass is 32.1. The Morgan fingerprint density at radius 3 is 2.76 bits per heavy atom. The second kappa shape index (κ2) is 5.09. The molecule has 4 heteroatoms. The number of rotatable bonds is 2. The molecular formula is C17H19FN2S. The number of benzene rings is 1. The molecule has 4 rings (SSSR count). The highest BCUT2D eigenvalue weighted by Crippen LogP contribution is 2.56. The first-order valence-corrected chi connectivity index (χ1v) is 8.11. The molecule has 2 bridgehead atoms. The Hall–Kier alpha value is -1.42. The largest absolute Gasteiger partial charge is 0.359 e. The number of nitrogens with one attached hydrogen (secondary N) is 2. The van der Waals surface area contributed by atoms with Crippen LogP contribution in [0.4, 0.5) is 10.1 Å². The van der Waals surface area contributed by atoms with Gasteiger partial charge in [0.15, 0.2) is 5.11 Å². The monoisotopic (exact) mass is 302 g/mol. The fourth-order valence-corrected chi connectivity index (χ4v) is 4.85. The smallest absolute Gasteiger partial charge is 0.171 e. The first-order valence-electron chi connectivity index (χ1n) is 7.70. The quantitative estimate of drug-likeness (QED) is 0.643. The number of allylic oxidation sites excluding steroid dienone is 2. The van der Waals surface area contributed by atoms with Crippen LogP contribution in [0.2, 0.25) is 0 Å². The molecule has 0 aromatic heterocycles. The van der Waals surface area contributed by atoms with Crippen LogP contribution in [-0.4, -0.2) is 11.2 Å². The van der Waals surface area contributed by atoms with E-state index in [1.807, 2.05) is 0 Å². The van der Waals surface area contributed by atoms with Crippen molar-refractivity contribution in [3.05, 3.63) is 42.2 Å². The van der Waals surface area contributed by atoms with Gasteiger partial charge in [0.05, 0.1) is 0 Å². The fourth-order valence-electron chi connectivity index (χ4n) is 4.58. The van der Waals surface area contributed by atoms with E-state index in [1.165, 1.54) is 31.4 Å². The highest BCUT2D eigenvalue weighted by Gasteiger charge is 2.52. The maximum Gasteiger partial charge on any atom is 0.171 e. The summed E-state index contributed by atoms with van der Waals surface area (Å²) in [6.45, 7) is 0. The molecule has 21 heavy (non-hydrogen) atoms. The number of thiocarbonyl (C=S) groups is 1. The number of hydrogen-bond acceptors (Lipinski definition) is 1. The summed E-state index contributed by atoms with van der Waals surface area (Å²) in [6.07, 6.45) is 8.62. The van der Waals surface area contributed by atoms with E-state index in [2.05, 4.69) is 22.8 Å². The summed E-state index contributed by atoms with van der Waals surface area (Å²) >= 11 is 5.41. The van der Waals surface area contributed by atoms with Gasteiger partial charge in [0.25, 0.3) is 0 Å². The van der Waals surface area contributed by atoms with Crippen LogP contribution in [0.3, 0.4) is 0 Å². The average molecular weight is 302 g/mol. The maximum absolute atomic E-state index is 12.9. The lowest BCUT2D eigenvalue weighted by Crippen LogP contribution is -2.44. The molecular weight excluding hydrogens is 283 g/mol. The van der Waals surface area contributed by atoms with Crippen molar-refractivity contribution in [1.82, 2.24) is 5.32 Å². The molecule has 5 atom stereocenters. The minimum Gasteiger partial charge on any atom is -0.359 e. The molecule has 110 valence electrons. The standard InChI is InChI=1S/C17H19FN2S/c18-11-4-6-12(7-5-11)19-17(21)20-16-9-10-8-15(16)14-3-1-2-13(10)14/h1,3-7,10,13-16H,2,8-9H2,(H2,19,20,21)/t10-,13+,14-,15+,16+/m0/s1. The molecule has 2 N–H and O–H groups in total. The van der Waals surface area contributed by atoms with Crippen molar-refractivity contribution in [2.75, 3.05) is 5.32 Å². The molecule has 1 aromatic rings. The highest BCUT2D eigenvalue weighted by molar-refractivity contribution is 7.80. The lowest BCUT2D eigenvalue weighted by molar-refractivity contribution is 0.246. The lowest BCUT2D eigenvalue weighted by Gasteiger charge is -2.32. The summed E-state index contributed by atoms with van der Waals surface area (Å²) in [5, 5.41) is 7.28. The molecule has 3 aliphatic rings. The third-order valence-electron chi connectivity index (χ3n) is 5.43. The van der Waals surface area contributed by atoms with Crippen LogP contribution in [0.1, 0.15) is 19.3 Å². The van der Waals surface area contributed by atoms with E-state index in [-0.39, 0.29) is 5.82 Å². The molecule has 2 nitrogen and oxygen atoms in total. The Bertz CT molecular complexity index is 583. The lowest BCUT2D eigenvalue weighted by atomic mass is 9.79. The van der Waals surface area contributed by atoms with E-state index in [9.17, 15) is 4.39 Å². The van der Waals surface area contributed by atoms with Gasteiger partial charge in [-0.1, -0.05) is 12.2 Å². The number of halogens is 1.